The third-order valence-electron chi connectivity index (χ3n) is 13.3. The molecule has 0 amide bonds. The Morgan fingerprint density at radius 3 is 0.826 bits per heavy atom. The van der Waals surface area contributed by atoms with Gasteiger partial charge in [-0.15, -0.1) is 0 Å². The predicted molar refractivity (Wildman–Crippen MR) is 298 cm³/mol. The van der Waals surface area contributed by atoms with E-state index in [0.29, 0.717) is 19.3 Å². The van der Waals surface area contributed by atoms with Crippen LogP contribution in [0.15, 0.2) is 48.6 Å². The van der Waals surface area contributed by atoms with Crippen molar-refractivity contribution >= 4 is 17.9 Å². The van der Waals surface area contributed by atoms with E-state index in [4.69, 9.17) is 14.2 Å². The molecule has 0 bridgehead atoms. The Hall–Kier alpha value is -2.63. The largest absolute Gasteiger partial charge is 0.462 e. The normalized spacial score (nSPS) is 12.3. The second-order valence-corrected chi connectivity index (χ2v) is 20.3. The van der Waals surface area contributed by atoms with E-state index in [0.717, 1.165) is 83.5 Å². The Morgan fingerprint density at radius 2 is 0.522 bits per heavy atom. The molecule has 0 N–H and O–H groups in total. The number of ether oxygens (including phenoxy) is 3. The minimum atomic E-state index is -0.779. The molecule has 0 aliphatic rings. The zero-order valence-electron chi connectivity index (χ0n) is 46.1. The summed E-state index contributed by atoms with van der Waals surface area (Å²) in [5, 5.41) is 0. The molecular formula is C63H114O6. The topological polar surface area (TPSA) is 78.9 Å². The maximum absolute atomic E-state index is 12.9. The van der Waals surface area contributed by atoms with E-state index in [9.17, 15) is 14.4 Å². The van der Waals surface area contributed by atoms with Crippen LogP contribution in [-0.4, -0.2) is 37.2 Å². The Labute approximate surface area is 428 Å². The number of allylic oxidation sites excluding steroid dienone is 8. The van der Waals surface area contributed by atoms with Crippen LogP contribution in [0, 0.1) is 0 Å². The lowest BCUT2D eigenvalue weighted by atomic mass is 10.0. The van der Waals surface area contributed by atoms with E-state index >= 15 is 0 Å². The van der Waals surface area contributed by atoms with Gasteiger partial charge in [-0.25, -0.2) is 0 Å². The van der Waals surface area contributed by atoms with Gasteiger partial charge in [0, 0.05) is 19.3 Å². The predicted octanol–water partition coefficient (Wildman–Crippen LogP) is 20.2. The van der Waals surface area contributed by atoms with Crippen molar-refractivity contribution in [2.45, 2.75) is 322 Å². The molecule has 0 aliphatic carbocycles. The molecular weight excluding hydrogens is 853 g/mol. The molecule has 6 nitrogen and oxygen atoms in total. The maximum atomic E-state index is 12.9. The van der Waals surface area contributed by atoms with Crippen LogP contribution in [-0.2, 0) is 28.6 Å². The van der Waals surface area contributed by atoms with Gasteiger partial charge in [-0.2, -0.15) is 0 Å². The quantitative estimate of drug-likeness (QED) is 0.0262. The molecule has 1 atom stereocenters. The van der Waals surface area contributed by atoms with Crippen LogP contribution >= 0.6 is 0 Å². The van der Waals surface area contributed by atoms with Crippen LogP contribution in [0.2, 0.25) is 0 Å². The van der Waals surface area contributed by atoms with E-state index < -0.39 is 6.10 Å². The molecule has 69 heavy (non-hydrogen) atoms. The van der Waals surface area contributed by atoms with Crippen LogP contribution in [0.4, 0.5) is 0 Å². The standard InChI is InChI=1S/C63H114O6/c1-4-7-10-13-16-19-22-25-28-31-34-37-40-43-46-49-52-55-61(64)67-58-60(69-63(66)57-54-51-48-45-42-39-36-33-30-27-24-21-18-15-12-9-6-3)59-68-62(65)56-53-50-47-44-41-38-35-32-29-26-23-20-17-14-11-8-5-2/h16,18-19,21,25,27-28,30,60H,4-15,17,20,22-24,26,29,31-59H2,1-3H3/b19-16-,21-18-,28-25-,30-27-/t60-/m1/s1. The molecule has 0 saturated carbocycles. The summed E-state index contributed by atoms with van der Waals surface area (Å²) in [7, 11) is 0. The molecule has 0 spiro atoms. The van der Waals surface area contributed by atoms with Crippen molar-refractivity contribution in [3.63, 3.8) is 0 Å². The van der Waals surface area contributed by atoms with Gasteiger partial charge in [-0.1, -0.05) is 262 Å². The smallest absolute Gasteiger partial charge is 0.306 e. The fourth-order valence-electron chi connectivity index (χ4n) is 8.74. The molecule has 0 aromatic carbocycles. The minimum absolute atomic E-state index is 0.0757. The molecule has 0 rings (SSSR count). The molecule has 0 saturated heterocycles. The molecule has 0 radical (unpaired) electrons. The fraction of sp³-hybridized carbons (Fsp3) is 0.825. The van der Waals surface area contributed by atoms with Crippen molar-refractivity contribution in [2.24, 2.45) is 0 Å². The zero-order chi connectivity index (χ0) is 50.0. The molecule has 6 heteroatoms. The summed E-state index contributed by atoms with van der Waals surface area (Å²) >= 11 is 0. The van der Waals surface area contributed by atoms with Gasteiger partial charge in [0.1, 0.15) is 13.2 Å². The summed E-state index contributed by atoms with van der Waals surface area (Å²) in [6, 6.07) is 0. The SMILES string of the molecule is CCCCC/C=C\C/C=C\CCCCCCCCCC(=O)OC[C@H](COC(=O)CCCCCCCCCCCCCCCCCCC)OC(=O)CCCCCCCCC/C=C\C/C=C\CCCCC. The Morgan fingerprint density at radius 1 is 0.290 bits per heavy atom. The second kappa shape index (κ2) is 57.9. The van der Waals surface area contributed by atoms with E-state index in [1.165, 1.54) is 193 Å². The van der Waals surface area contributed by atoms with E-state index in [2.05, 4.69) is 69.4 Å². The van der Waals surface area contributed by atoms with Gasteiger partial charge in [-0.05, 0) is 83.5 Å². The first-order chi connectivity index (χ1) is 34.0. The summed E-state index contributed by atoms with van der Waals surface area (Å²) in [5.74, 6) is -0.874. The highest BCUT2D eigenvalue weighted by molar-refractivity contribution is 5.71. The highest BCUT2D eigenvalue weighted by Crippen LogP contribution is 2.16. The molecule has 0 aliphatic heterocycles. The maximum Gasteiger partial charge on any atom is 0.306 e. The van der Waals surface area contributed by atoms with Gasteiger partial charge in [-0.3, -0.25) is 14.4 Å². The summed E-state index contributed by atoms with van der Waals surface area (Å²) in [6.07, 6.45) is 71.0. The Kier molecular flexibility index (Phi) is 55.7. The lowest BCUT2D eigenvalue weighted by molar-refractivity contribution is -0.167. The first-order valence-corrected chi connectivity index (χ1v) is 30.1. The van der Waals surface area contributed by atoms with Gasteiger partial charge < -0.3 is 14.2 Å². The average Bonchev–Trinajstić information content (AvgIpc) is 3.35. The third kappa shape index (κ3) is 56.2. The number of esters is 3. The van der Waals surface area contributed by atoms with Gasteiger partial charge in [0.25, 0.3) is 0 Å². The van der Waals surface area contributed by atoms with Crippen molar-refractivity contribution in [2.75, 3.05) is 13.2 Å². The number of hydrogen-bond donors (Lipinski definition) is 0. The fourth-order valence-corrected chi connectivity index (χ4v) is 8.74. The van der Waals surface area contributed by atoms with Crippen molar-refractivity contribution < 1.29 is 28.6 Å². The van der Waals surface area contributed by atoms with Gasteiger partial charge in [0.2, 0.25) is 0 Å². The number of unbranched alkanes of at least 4 members (excludes halogenated alkanes) is 36. The monoisotopic (exact) mass is 967 g/mol. The first-order valence-electron chi connectivity index (χ1n) is 30.1. The molecule has 0 aromatic heterocycles. The third-order valence-corrected chi connectivity index (χ3v) is 13.3. The molecule has 402 valence electrons. The van der Waals surface area contributed by atoms with Crippen LogP contribution in [0.3, 0.4) is 0 Å². The molecule has 0 unspecified atom stereocenters. The Bertz CT molecular complexity index is 1200. The summed E-state index contributed by atoms with van der Waals surface area (Å²) in [6.45, 7) is 6.62. The van der Waals surface area contributed by atoms with Crippen LogP contribution in [0.25, 0.3) is 0 Å². The highest BCUT2D eigenvalue weighted by atomic mass is 16.6. The lowest BCUT2D eigenvalue weighted by Gasteiger charge is -2.18. The van der Waals surface area contributed by atoms with Crippen LogP contribution in [0.1, 0.15) is 316 Å². The zero-order valence-corrected chi connectivity index (χ0v) is 46.1. The van der Waals surface area contributed by atoms with Crippen molar-refractivity contribution in [3.05, 3.63) is 48.6 Å². The van der Waals surface area contributed by atoms with Gasteiger partial charge in [0.05, 0.1) is 0 Å². The summed E-state index contributed by atoms with van der Waals surface area (Å²) in [5.41, 5.74) is 0. The average molecular weight is 968 g/mol. The summed E-state index contributed by atoms with van der Waals surface area (Å²) < 4.78 is 16.9. The number of rotatable bonds is 55. The van der Waals surface area contributed by atoms with Crippen molar-refractivity contribution in [1.29, 1.82) is 0 Å². The number of hydrogen-bond acceptors (Lipinski definition) is 6. The van der Waals surface area contributed by atoms with E-state index in [1.807, 2.05) is 0 Å². The van der Waals surface area contributed by atoms with E-state index in [-0.39, 0.29) is 31.1 Å². The van der Waals surface area contributed by atoms with Crippen molar-refractivity contribution in [3.8, 4) is 0 Å². The molecule has 0 heterocycles. The van der Waals surface area contributed by atoms with Gasteiger partial charge >= 0.3 is 17.9 Å². The number of carbonyl (C=O) groups excluding carboxylic acids is 3. The summed E-state index contributed by atoms with van der Waals surface area (Å²) in [4.78, 5) is 38.2. The minimum Gasteiger partial charge on any atom is -0.462 e. The number of carbonyl (C=O) groups is 3. The molecule has 0 fully saturated rings. The van der Waals surface area contributed by atoms with Gasteiger partial charge in [0.15, 0.2) is 6.10 Å². The Balaban J connectivity index is 4.37. The second-order valence-electron chi connectivity index (χ2n) is 20.3. The van der Waals surface area contributed by atoms with Crippen molar-refractivity contribution in [1.82, 2.24) is 0 Å². The lowest BCUT2D eigenvalue weighted by Crippen LogP contribution is -2.30. The highest BCUT2D eigenvalue weighted by Gasteiger charge is 2.19. The van der Waals surface area contributed by atoms with Crippen LogP contribution in [0.5, 0.6) is 0 Å². The molecule has 0 aromatic rings. The van der Waals surface area contributed by atoms with Crippen LogP contribution < -0.4 is 0 Å². The van der Waals surface area contributed by atoms with E-state index in [1.54, 1.807) is 0 Å². The first kappa shape index (κ1) is 66.4.